The van der Waals surface area contributed by atoms with Gasteiger partial charge in [-0.05, 0) is 16.2 Å². The molecule has 16 heavy (non-hydrogen) atoms. The van der Waals surface area contributed by atoms with E-state index in [-0.39, 0.29) is 27.6 Å². The van der Waals surface area contributed by atoms with Crippen molar-refractivity contribution in [3.63, 3.8) is 0 Å². The van der Waals surface area contributed by atoms with Crippen LogP contribution in [0, 0.1) is 27.6 Å². The molecule has 0 aromatic rings. The SMILES string of the molecule is CC(C)(C)[C@@H]1C(=O)C1(C(C)(C)C)C(C)(C)C. The predicted octanol–water partition coefficient (Wildman–Crippen LogP) is 4.31. The summed E-state index contributed by atoms with van der Waals surface area (Å²) in [6.45, 7) is 19.8. The fourth-order valence-electron chi connectivity index (χ4n) is 4.08. The van der Waals surface area contributed by atoms with Crippen molar-refractivity contribution >= 4 is 5.78 Å². The van der Waals surface area contributed by atoms with Crippen LogP contribution in [0.1, 0.15) is 62.3 Å². The Labute approximate surface area is 101 Å². The maximum Gasteiger partial charge on any atom is 0.145 e. The smallest absolute Gasteiger partial charge is 0.145 e. The second-order valence-electron chi connectivity index (χ2n) is 8.47. The molecule has 0 aromatic carbocycles. The van der Waals surface area contributed by atoms with E-state index in [1.807, 2.05) is 0 Å². The van der Waals surface area contributed by atoms with Gasteiger partial charge < -0.3 is 0 Å². The average molecular weight is 224 g/mol. The number of hydrogen-bond donors (Lipinski definition) is 0. The van der Waals surface area contributed by atoms with Crippen LogP contribution in [0.4, 0.5) is 0 Å². The van der Waals surface area contributed by atoms with Crippen molar-refractivity contribution < 1.29 is 4.79 Å². The van der Waals surface area contributed by atoms with Crippen LogP contribution < -0.4 is 0 Å². The van der Waals surface area contributed by atoms with Gasteiger partial charge in [0.2, 0.25) is 0 Å². The molecular formula is C15H28O. The molecule has 0 heterocycles. The quantitative estimate of drug-likeness (QED) is 0.599. The van der Waals surface area contributed by atoms with Gasteiger partial charge in [0.1, 0.15) is 5.78 Å². The zero-order chi connectivity index (χ0) is 13.2. The first-order valence-corrected chi connectivity index (χ1v) is 6.32. The Balaban J connectivity index is 3.30. The Morgan fingerprint density at radius 2 is 1.12 bits per heavy atom. The summed E-state index contributed by atoms with van der Waals surface area (Å²) >= 11 is 0. The van der Waals surface area contributed by atoms with E-state index < -0.39 is 0 Å². The second kappa shape index (κ2) is 3.11. The van der Waals surface area contributed by atoms with Gasteiger partial charge in [0, 0.05) is 11.3 Å². The van der Waals surface area contributed by atoms with Crippen molar-refractivity contribution in [1.82, 2.24) is 0 Å². The van der Waals surface area contributed by atoms with Crippen molar-refractivity contribution in [2.24, 2.45) is 27.6 Å². The molecule has 1 fully saturated rings. The number of hydrogen-bond acceptors (Lipinski definition) is 1. The van der Waals surface area contributed by atoms with Gasteiger partial charge in [0.25, 0.3) is 0 Å². The fourth-order valence-corrected chi connectivity index (χ4v) is 4.08. The zero-order valence-corrected chi connectivity index (χ0v) is 12.5. The minimum Gasteiger partial charge on any atom is -0.299 e. The van der Waals surface area contributed by atoms with E-state index in [1.165, 1.54) is 0 Å². The molecule has 1 atom stereocenters. The van der Waals surface area contributed by atoms with Gasteiger partial charge in [-0.25, -0.2) is 0 Å². The van der Waals surface area contributed by atoms with Crippen LogP contribution in [-0.4, -0.2) is 5.78 Å². The van der Waals surface area contributed by atoms with E-state index in [1.54, 1.807) is 0 Å². The maximum absolute atomic E-state index is 12.5. The summed E-state index contributed by atoms with van der Waals surface area (Å²) < 4.78 is 0. The average Bonchev–Trinajstić information content (AvgIpc) is 2.51. The molecule has 1 aliphatic rings. The van der Waals surface area contributed by atoms with E-state index in [2.05, 4.69) is 62.3 Å². The molecule has 1 aliphatic carbocycles. The molecule has 1 nitrogen and oxygen atoms in total. The van der Waals surface area contributed by atoms with Gasteiger partial charge in [-0.2, -0.15) is 0 Å². The second-order valence-corrected chi connectivity index (χ2v) is 8.47. The molecule has 94 valence electrons. The lowest BCUT2D eigenvalue weighted by atomic mass is 9.60. The largest absolute Gasteiger partial charge is 0.299 e. The summed E-state index contributed by atoms with van der Waals surface area (Å²) in [6, 6.07) is 0. The van der Waals surface area contributed by atoms with Crippen molar-refractivity contribution in [3.8, 4) is 0 Å². The molecule has 0 radical (unpaired) electrons. The molecule has 1 saturated carbocycles. The highest BCUT2D eigenvalue weighted by molar-refractivity contribution is 6.06. The standard InChI is InChI=1S/C15H28O/c1-12(2,3)10-11(16)15(10,13(4,5)6)14(7,8)9/h10H,1-9H3/t10-/m0/s1. The third kappa shape index (κ3) is 1.55. The van der Waals surface area contributed by atoms with Gasteiger partial charge >= 0.3 is 0 Å². The van der Waals surface area contributed by atoms with Crippen LogP contribution in [0.15, 0.2) is 0 Å². The summed E-state index contributed by atoms with van der Waals surface area (Å²) in [4.78, 5) is 12.5. The van der Waals surface area contributed by atoms with Crippen LogP contribution in [0.3, 0.4) is 0 Å². The highest BCUT2D eigenvalue weighted by Crippen LogP contribution is 2.72. The highest BCUT2D eigenvalue weighted by Gasteiger charge is 2.77. The minimum atomic E-state index is -0.155. The van der Waals surface area contributed by atoms with Crippen LogP contribution in [0.2, 0.25) is 0 Å². The number of Topliss-reactive ketones (excluding diaryl/α,β-unsaturated/α-hetero) is 1. The molecule has 0 unspecified atom stereocenters. The Morgan fingerprint density at radius 3 is 1.19 bits per heavy atom. The summed E-state index contributed by atoms with van der Waals surface area (Å²) in [5.74, 6) is 0.681. The number of carbonyl (C=O) groups is 1. The van der Waals surface area contributed by atoms with Gasteiger partial charge in [-0.15, -0.1) is 0 Å². The van der Waals surface area contributed by atoms with Crippen LogP contribution in [0.5, 0.6) is 0 Å². The van der Waals surface area contributed by atoms with Crippen molar-refractivity contribution in [3.05, 3.63) is 0 Å². The monoisotopic (exact) mass is 224 g/mol. The van der Waals surface area contributed by atoms with Crippen LogP contribution in [0.25, 0.3) is 0 Å². The third-order valence-corrected chi connectivity index (χ3v) is 4.23. The van der Waals surface area contributed by atoms with E-state index in [0.717, 1.165) is 0 Å². The maximum atomic E-state index is 12.5. The molecule has 1 heteroatoms. The summed E-state index contributed by atoms with van der Waals surface area (Å²) in [6.07, 6.45) is 0. The van der Waals surface area contributed by atoms with Gasteiger partial charge in [0.15, 0.2) is 0 Å². The minimum absolute atomic E-state index is 0.0419. The molecule has 0 N–H and O–H groups in total. The summed E-state index contributed by atoms with van der Waals surface area (Å²) in [7, 11) is 0. The fraction of sp³-hybridized carbons (Fsp3) is 0.933. The number of carbonyl (C=O) groups excluding carboxylic acids is 1. The topological polar surface area (TPSA) is 17.1 Å². The highest BCUT2D eigenvalue weighted by atomic mass is 16.1. The Morgan fingerprint density at radius 1 is 0.812 bits per heavy atom. The van der Waals surface area contributed by atoms with E-state index in [4.69, 9.17) is 0 Å². The Kier molecular flexibility index (Phi) is 2.67. The van der Waals surface area contributed by atoms with E-state index >= 15 is 0 Å². The van der Waals surface area contributed by atoms with Gasteiger partial charge in [0.05, 0.1) is 0 Å². The lowest BCUT2D eigenvalue weighted by Gasteiger charge is -2.42. The van der Waals surface area contributed by atoms with Crippen LogP contribution in [-0.2, 0) is 4.79 Å². The first-order chi connectivity index (χ1) is 6.78. The molecule has 1 rings (SSSR count). The molecule has 0 bridgehead atoms. The van der Waals surface area contributed by atoms with Gasteiger partial charge in [-0.1, -0.05) is 62.3 Å². The Hall–Kier alpha value is -0.330. The summed E-state index contributed by atoms with van der Waals surface area (Å²) in [5.41, 5.74) is 0.0104. The lowest BCUT2D eigenvalue weighted by Crippen LogP contribution is -2.39. The molecule has 0 aliphatic heterocycles. The predicted molar refractivity (Wildman–Crippen MR) is 69.3 cm³/mol. The number of ketones is 1. The first-order valence-electron chi connectivity index (χ1n) is 6.32. The molecule has 0 amide bonds. The zero-order valence-electron chi connectivity index (χ0n) is 12.5. The normalized spacial score (nSPS) is 25.8. The Bertz CT molecular complexity index is 290. The van der Waals surface area contributed by atoms with Crippen LogP contribution >= 0.6 is 0 Å². The summed E-state index contributed by atoms with van der Waals surface area (Å²) in [5, 5.41) is 0. The van der Waals surface area contributed by atoms with E-state index in [0.29, 0.717) is 5.78 Å². The van der Waals surface area contributed by atoms with Gasteiger partial charge in [-0.3, -0.25) is 4.79 Å². The van der Waals surface area contributed by atoms with Crippen molar-refractivity contribution in [2.75, 3.05) is 0 Å². The molecular weight excluding hydrogens is 196 g/mol. The van der Waals surface area contributed by atoms with E-state index in [9.17, 15) is 4.79 Å². The molecule has 0 spiro atoms. The third-order valence-electron chi connectivity index (χ3n) is 4.23. The number of rotatable bonds is 0. The lowest BCUT2D eigenvalue weighted by molar-refractivity contribution is -0.118. The van der Waals surface area contributed by atoms with Crippen molar-refractivity contribution in [2.45, 2.75) is 62.3 Å². The van der Waals surface area contributed by atoms with Crippen molar-refractivity contribution in [1.29, 1.82) is 0 Å². The first kappa shape index (κ1) is 13.7. The molecule has 0 aromatic heterocycles. The molecule has 0 saturated heterocycles.